The molecule has 0 saturated carbocycles. The lowest BCUT2D eigenvalue weighted by Crippen LogP contribution is -2.43. The van der Waals surface area contributed by atoms with Gasteiger partial charge in [-0.25, -0.2) is 9.78 Å². The number of carbonyl (C=O) groups excluding carboxylic acids is 1. The molecule has 0 aliphatic rings. The number of nitrogens with two attached hydrogens (primary N) is 1. The number of rotatable bonds is 9. The van der Waals surface area contributed by atoms with Gasteiger partial charge in [0.15, 0.2) is 5.65 Å². The first kappa shape index (κ1) is 28.1. The van der Waals surface area contributed by atoms with Crippen LogP contribution in [-0.2, 0) is 6.54 Å². The maximum atomic E-state index is 13.9. The lowest BCUT2D eigenvalue weighted by atomic mass is 9.99. The fourth-order valence-electron chi connectivity index (χ4n) is 4.47. The lowest BCUT2D eigenvalue weighted by Gasteiger charge is -2.35. The highest BCUT2D eigenvalue weighted by atomic mass is 35.5. The van der Waals surface area contributed by atoms with Crippen molar-refractivity contribution in [3.63, 3.8) is 0 Å². The summed E-state index contributed by atoms with van der Waals surface area (Å²) < 4.78 is 2.78. The minimum Gasteiger partial charge on any atom is -0.330 e. The van der Waals surface area contributed by atoms with Gasteiger partial charge in [-0.1, -0.05) is 79.0 Å². The number of aryl methyl sites for hydroxylation is 1. The van der Waals surface area contributed by atoms with E-state index in [-0.39, 0.29) is 29.0 Å². The summed E-state index contributed by atoms with van der Waals surface area (Å²) in [5.74, 6) is 0.0131. The van der Waals surface area contributed by atoms with E-state index in [4.69, 9.17) is 45.5 Å². The van der Waals surface area contributed by atoms with Crippen LogP contribution < -0.4 is 11.4 Å². The van der Waals surface area contributed by atoms with Crippen molar-refractivity contribution in [3.05, 3.63) is 96.7 Å². The Balaban J connectivity index is 1.95. The molecule has 2 aromatic heterocycles. The Morgan fingerprint density at radius 3 is 2.42 bits per heavy atom. The first-order chi connectivity index (χ1) is 18.1. The first-order valence-corrected chi connectivity index (χ1v) is 13.4. The van der Waals surface area contributed by atoms with Crippen molar-refractivity contribution in [2.45, 2.75) is 39.8 Å². The number of halogens is 3. The third kappa shape index (κ3) is 5.59. The third-order valence-electron chi connectivity index (χ3n) is 6.32. The topological polar surface area (TPSA) is 98.5 Å². The molecule has 0 aliphatic heterocycles. The molecule has 2 heterocycles. The van der Waals surface area contributed by atoms with Gasteiger partial charge in [0.2, 0.25) is 0 Å². The molecule has 2 aromatic carbocycles. The van der Waals surface area contributed by atoms with Crippen LogP contribution in [0, 0.1) is 12.8 Å². The second-order valence-corrected chi connectivity index (χ2v) is 10.6. The second-order valence-electron chi connectivity index (χ2n) is 9.42. The van der Waals surface area contributed by atoms with Crippen molar-refractivity contribution in [1.29, 1.82) is 0 Å². The van der Waals surface area contributed by atoms with E-state index in [1.54, 1.807) is 34.6 Å². The Morgan fingerprint density at radius 1 is 1.08 bits per heavy atom. The van der Waals surface area contributed by atoms with Gasteiger partial charge in [-0.2, -0.15) is 9.61 Å². The number of aromatic nitrogens is 4. The highest BCUT2D eigenvalue weighted by Gasteiger charge is 2.33. The zero-order chi connectivity index (χ0) is 27.6. The number of fused-ring (bicyclic) bond motifs is 1. The highest BCUT2D eigenvalue weighted by molar-refractivity contribution is 6.42. The lowest BCUT2D eigenvalue weighted by molar-refractivity contribution is 0.0601. The van der Waals surface area contributed by atoms with Gasteiger partial charge < -0.3 is 10.6 Å². The van der Waals surface area contributed by atoms with Gasteiger partial charge in [-0.05, 0) is 49.6 Å². The predicted molar refractivity (Wildman–Crippen MR) is 151 cm³/mol. The average molecular weight is 576 g/mol. The fraction of sp³-hybridized carbons (Fsp3) is 0.333. The second kappa shape index (κ2) is 11.9. The molecular formula is C27H29Cl3N6O2. The largest absolute Gasteiger partial charge is 0.352 e. The molecule has 0 unspecified atom stereocenters. The molecule has 0 fully saturated rings. The minimum atomic E-state index is -0.587. The molecule has 38 heavy (non-hydrogen) atoms. The van der Waals surface area contributed by atoms with E-state index in [0.29, 0.717) is 46.6 Å². The number of hydrogen-bond donors (Lipinski definition) is 1. The number of nitrogens with zero attached hydrogens (tertiary/aromatic N) is 5. The molecule has 4 rings (SSSR count). The quantitative estimate of drug-likeness (QED) is 0.288. The van der Waals surface area contributed by atoms with Crippen molar-refractivity contribution >= 4 is 46.4 Å². The van der Waals surface area contributed by atoms with Gasteiger partial charge in [0, 0.05) is 12.1 Å². The molecule has 11 heteroatoms. The predicted octanol–water partition coefficient (Wildman–Crippen LogP) is 5.40. The Hall–Kier alpha value is -2.91. The number of amides is 1. The van der Waals surface area contributed by atoms with E-state index >= 15 is 0 Å². The van der Waals surface area contributed by atoms with Gasteiger partial charge in [0.1, 0.15) is 10.8 Å². The van der Waals surface area contributed by atoms with Crippen molar-refractivity contribution < 1.29 is 4.79 Å². The van der Waals surface area contributed by atoms with Crippen LogP contribution in [0.3, 0.4) is 0 Å². The summed E-state index contributed by atoms with van der Waals surface area (Å²) in [6, 6.07) is 13.8. The Bertz CT molecular complexity index is 1520. The van der Waals surface area contributed by atoms with Crippen LogP contribution in [-0.4, -0.2) is 43.1 Å². The molecule has 0 radical (unpaired) electrons. The number of benzene rings is 2. The standard InChI is InChI=1S/C27H29Cl3N6O2/c1-16(2)23(34(13-7-12-31)26(37)19-10-11-20(28)21(29)14-19)25-32-24-22(30)17(3)33-36(24)27(38)35(25)15-18-8-5-4-6-9-18/h4-6,8-11,14,16,23H,7,12-13,15,31H2,1-3H3/t23-/m1/s1. The Morgan fingerprint density at radius 2 is 1.79 bits per heavy atom. The SMILES string of the molecule is Cc1nn2c(=O)n(Cc3ccccc3)c([C@@H](C(C)C)N(CCCN)C(=O)c3ccc(Cl)c(Cl)c3)nc2c1Cl. The highest BCUT2D eigenvalue weighted by Crippen LogP contribution is 2.32. The fourth-order valence-corrected chi connectivity index (χ4v) is 4.93. The van der Waals surface area contributed by atoms with Crippen LogP contribution >= 0.6 is 34.8 Å². The summed E-state index contributed by atoms with van der Waals surface area (Å²) in [6.07, 6.45) is 0.550. The zero-order valence-electron chi connectivity index (χ0n) is 21.4. The number of carbonyl (C=O) groups is 1. The smallest absolute Gasteiger partial charge is 0.330 e. The van der Waals surface area contributed by atoms with E-state index in [1.165, 1.54) is 4.52 Å². The molecule has 0 saturated heterocycles. The van der Waals surface area contributed by atoms with Gasteiger partial charge in [0.25, 0.3) is 5.91 Å². The van der Waals surface area contributed by atoms with Gasteiger partial charge >= 0.3 is 5.69 Å². The van der Waals surface area contributed by atoms with E-state index < -0.39 is 11.7 Å². The molecule has 0 spiro atoms. The molecule has 1 amide bonds. The average Bonchev–Trinajstić information content (AvgIpc) is 3.18. The van der Waals surface area contributed by atoms with Crippen molar-refractivity contribution in [2.24, 2.45) is 11.7 Å². The minimum absolute atomic E-state index is 0.126. The van der Waals surface area contributed by atoms with Gasteiger partial charge in [0.05, 0.1) is 28.3 Å². The Kier molecular flexibility index (Phi) is 8.78. The van der Waals surface area contributed by atoms with E-state index in [1.807, 2.05) is 44.2 Å². The third-order valence-corrected chi connectivity index (χ3v) is 7.50. The molecule has 200 valence electrons. The van der Waals surface area contributed by atoms with E-state index in [9.17, 15) is 9.59 Å². The van der Waals surface area contributed by atoms with E-state index in [0.717, 1.165) is 5.56 Å². The van der Waals surface area contributed by atoms with Crippen molar-refractivity contribution in [1.82, 2.24) is 24.1 Å². The normalized spacial score (nSPS) is 12.3. The van der Waals surface area contributed by atoms with Crippen LogP contribution in [0.25, 0.3) is 5.65 Å². The van der Waals surface area contributed by atoms with Crippen LogP contribution in [0.4, 0.5) is 0 Å². The maximum absolute atomic E-state index is 13.9. The molecule has 1 atom stereocenters. The summed E-state index contributed by atoms with van der Waals surface area (Å²) in [5, 5.41) is 5.24. The summed E-state index contributed by atoms with van der Waals surface area (Å²) >= 11 is 18.9. The summed E-state index contributed by atoms with van der Waals surface area (Å²) in [7, 11) is 0. The van der Waals surface area contributed by atoms with Gasteiger partial charge in [-0.3, -0.25) is 9.36 Å². The van der Waals surface area contributed by atoms with Crippen molar-refractivity contribution in [3.8, 4) is 0 Å². The van der Waals surface area contributed by atoms with E-state index in [2.05, 4.69) is 5.10 Å². The summed E-state index contributed by atoms with van der Waals surface area (Å²) in [5.41, 5.74) is 7.48. The summed E-state index contributed by atoms with van der Waals surface area (Å²) in [4.78, 5) is 34.3. The van der Waals surface area contributed by atoms with Crippen LogP contribution in [0.15, 0.2) is 53.3 Å². The van der Waals surface area contributed by atoms with Gasteiger partial charge in [-0.15, -0.1) is 0 Å². The summed E-state index contributed by atoms with van der Waals surface area (Å²) in [6.45, 7) is 6.65. The van der Waals surface area contributed by atoms with Crippen LogP contribution in [0.1, 0.15) is 53.7 Å². The first-order valence-electron chi connectivity index (χ1n) is 12.3. The van der Waals surface area contributed by atoms with Crippen LogP contribution in [0.2, 0.25) is 15.1 Å². The monoisotopic (exact) mass is 574 g/mol. The molecule has 0 bridgehead atoms. The molecular weight excluding hydrogens is 547 g/mol. The van der Waals surface area contributed by atoms with Crippen molar-refractivity contribution in [2.75, 3.05) is 13.1 Å². The maximum Gasteiger partial charge on any atom is 0.352 e. The Labute approximate surface area is 235 Å². The molecule has 2 N–H and O–H groups in total. The molecule has 0 aliphatic carbocycles. The van der Waals surface area contributed by atoms with Crippen LogP contribution in [0.5, 0.6) is 0 Å². The molecule has 4 aromatic rings. The molecule has 8 nitrogen and oxygen atoms in total. The number of hydrogen-bond acceptors (Lipinski definition) is 5. The zero-order valence-corrected chi connectivity index (χ0v) is 23.6.